The topological polar surface area (TPSA) is 0 Å². The van der Waals surface area contributed by atoms with E-state index in [9.17, 15) is 0 Å². The van der Waals surface area contributed by atoms with Gasteiger partial charge in [-0.15, -0.1) is 0 Å². The van der Waals surface area contributed by atoms with E-state index >= 15 is 0 Å². The number of hydrogen-bond donors (Lipinski definition) is 1. The summed E-state index contributed by atoms with van der Waals surface area (Å²) in [6.07, 6.45) is 15.6. The lowest BCUT2D eigenvalue weighted by atomic mass is 9.48. The minimum Gasteiger partial charge on any atom is -0.176 e. The number of hydrogen-bond acceptors (Lipinski definition) is 1. The fraction of sp³-hybridized carbons (Fsp3) is 0.895. The maximum atomic E-state index is 4.77. The summed E-state index contributed by atoms with van der Waals surface area (Å²) in [5, 5.41) is 0.631. The third-order valence-corrected chi connectivity index (χ3v) is 8.30. The molecule has 1 heteroatoms. The first-order valence-electron chi connectivity index (χ1n) is 8.90. The van der Waals surface area contributed by atoms with E-state index in [2.05, 4.69) is 19.9 Å². The van der Waals surface area contributed by atoms with Crippen LogP contribution < -0.4 is 0 Å². The van der Waals surface area contributed by atoms with Gasteiger partial charge in [0.25, 0.3) is 0 Å². The molecule has 6 atom stereocenters. The first kappa shape index (κ1) is 13.7. The molecule has 0 aliphatic heterocycles. The molecular formula is C19H30S. The van der Waals surface area contributed by atoms with Gasteiger partial charge in [0.1, 0.15) is 0 Å². The van der Waals surface area contributed by atoms with Crippen LogP contribution in [0, 0.1) is 28.6 Å². The number of fused-ring (bicyclic) bond motifs is 5. The van der Waals surface area contributed by atoms with E-state index in [1.807, 2.05) is 0 Å². The van der Waals surface area contributed by atoms with Gasteiger partial charge >= 0.3 is 0 Å². The van der Waals surface area contributed by atoms with Gasteiger partial charge in [0.15, 0.2) is 0 Å². The van der Waals surface area contributed by atoms with Crippen LogP contribution in [0.15, 0.2) is 11.6 Å². The van der Waals surface area contributed by atoms with Gasteiger partial charge in [-0.2, -0.15) is 12.6 Å². The second-order valence-electron chi connectivity index (χ2n) is 8.74. The molecule has 0 N–H and O–H groups in total. The van der Waals surface area contributed by atoms with Crippen LogP contribution in [0.25, 0.3) is 0 Å². The van der Waals surface area contributed by atoms with Crippen molar-refractivity contribution >= 4 is 12.6 Å². The molecule has 4 aliphatic carbocycles. The van der Waals surface area contributed by atoms with E-state index in [0.717, 1.165) is 17.8 Å². The number of rotatable bonds is 0. The summed E-state index contributed by atoms with van der Waals surface area (Å²) >= 11 is 4.77. The highest BCUT2D eigenvalue weighted by atomic mass is 32.1. The molecule has 112 valence electrons. The van der Waals surface area contributed by atoms with Crippen molar-refractivity contribution in [2.45, 2.75) is 76.9 Å². The molecule has 2 unspecified atom stereocenters. The number of allylic oxidation sites excluding steroid dienone is 2. The third-order valence-electron chi connectivity index (χ3n) is 7.86. The second-order valence-corrected chi connectivity index (χ2v) is 9.47. The van der Waals surface area contributed by atoms with Gasteiger partial charge in [0.05, 0.1) is 0 Å². The van der Waals surface area contributed by atoms with Crippen LogP contribution >= 0.6 is 12.6 Å². The van der Waals surface area contributed by atoms with Crippen LogP contribution in [0.5, 0.6) is 0 Å². The van der Waals surface area contributed by atoms with E-state index in [4.69, 9.17) is 12.6 Å². The Morgan fingerprint density at radius 2 is 1.90 bits per heavy atom. The van der Waals surface area contributed by atoms with Crippen molar-refractivity contribution in [3.05, 3.63) is 11.6 Å². The summed E-state index contributed by atoms with van der Waals surface area (Å²) in [5.41, 5.74) is 3.02. The average Bonchev–Trinajstić information content (AvgIpc) is 2.81. The van der Waals surface area contributed by atoms with E-state index in [1.54, 1.807) is 5.57 Å². The Morgan fingerprint density at radius 1 is 1.05 bits per heavy atom. The molecule has 0 nitrogen and oxygen atoms in total. The van der Waals surface area contributed by atoms with Crippen LogP contribution in [-0.2, 0) is 0 Å². The Morgan fingerprint density at radius 3 is 2.75 bits per heavy atom. The van der Waals surface area contributed by atoms with E-state index < -0.39 is 0 Å². The predicted molar refractivity (Wildman–Crippen MR) is 89.1 cm³/mol. The van der Waals surface area contributed by atoms with Crippen LogP contribution in [0.3, 0.4) is 0 Å². The van der Waals surface area contributed by atoms with Crippen molar-refractivity contribution in [3.8, 4) is 0 Å². The van der Waals surface area contributed by atoms with Crippen LogP contribution in [-0.4, -0.2) is 5.25 Å². The summed E-state index contributed by atoms with van der Waals surface area (Å²) in [4.78, 5) is 0. The summed E-state index contributed by atoms with van der Waals surface area (Å²) in [6, 6.07) is 0. The smallest absolute Gasteiger partial charge is 0.00545 e. The maximum Gasteiger partial charge on any atom is 0.00545 e. The predicted octanol–water partition coefficient (Wildman–Crippen LogP) is 5.64. The molecule has 0 amide bonds. The summed E-state index contributed by atoms with van der Waals surface area (Å²) < 4.78 is 0. The summed E-state index contributed by atoms with van der Waals surface area (Å²) in [7, 11) is 0. The van der Waals surface area contributed by atoms with Gasteiger partial charge in [-0.3, -0.25) is 0 Å². The largest absolute Gasteiger partial charge is 0.176 e. The van der Waals surface area contributed by atoms with Gasteiger partial charge in [0, 0.05) is 5.25 Å². The molecule has 20 heavy (non-hydrogen) atoms. The van der Waals surface area contributed by atoms with Gasteiger partial charge in [-0.05, 0) is 80.0 Å². The Balaban J connectivity index is 1.68. The molecule has 0 saturated heterocycles. The average molecular weight is 291 g/mol. The molecule has 0 aromatic heterocycles. The van der Waals surface area contributed by atoms with Gasteiger partial charge in [-0.1, -0.05) is 31.9 Å². The SMILES string of the molecule is C[C@@]12CCCC1[C@@H]1CC=C3C[C@H](S)CC[C@]3(C)C1CC2. The molecule has 0 aromatic rings. The minimum atomic E-state index is 0.534. The van der Waals surface area contributed by atoms with Gasteiger partial charge < -0.3 is 0 Å². The van der Waals surface area contributed by atoms with Crippen molar-refractivity contribution in [1.29, 1.82) is 0 Å². The fourth-order valence-corrected chi connectivity index (χ4v) is 6.96. The molecule has 0 radical (unpaired) electrons. The first-order chi connectivity index (χ1) is 9.53. The van der Waals surface area contributed by atoms with Gasteiger partial charge in [0.2, 0.25) is 0 Å². The fourth-order valence-electron chi connectivity index (χ4n) is 6.63. The Labute approximate surface area is 130 Å². The minimum absolute atomic E-state index is 0.534. The van der Waals surface area contributed by atoms with E-state index in [1.165, 1.54) is 57.8 Å². The molecule has 3 fully saturated rings. The van der Waals surface area contributed by atoms with Crippen molar-refractivity contribution in [2.24, 2.45) is 28.6 Å². The summed E-state index contributed by atoms with van der Waals surface area (Å²) in [6.45, 7) is 5.21. The van der Waals surface area contributed by atoms with E-state index in [0.29, 0.717) is 16.1 Å². The quantitative estimate of drug-likeness (QED) is 0.433. The maximum absolute atomic E-state index is 4.77. The Bertz CT molecular complexity index is 439. The number of thiol groups is 1. The zero-order chi connectivity index (χ0) is 14.0. The highest BCUT2D eigenvalue weighted by Gasteiger charge is 2.55. The third kappa shape index (κ3) is 1.81. The standard InChI is InChI=1S/C19H30S/c1-18-9-3-4-16(18)15-6-5-13-12-14(20)7-11-19(13,2)17(15)8-10-18/h5,14-17,20H,3-4,6-12H2,1-2H3/t14-,15+,16?,17?,18+,19+/m1/s1. The normalized spacial score (nSPS) is 54.6. The lowest BCUT2D eigenvalue weighted by Crippen LogP contribution is -2.48. The second kappa shape index (κ2) is 4.54. The van der Waals surface area contributed by atoms with Crippen LogP contribution in [0.1, 0.15) is 71.6 Å². The Kier molecular flexibility index (Phi) is 3.12. The molecule has 4 rings (SSSR count). The molecule has 0 spiro atoms. The lowest BCUT2D eigenvalue weighted by Gasteiger charge is -2.57. The summed E-state index contributed by atoms with van der Waals surface area (Å²) in [5.74, 6) is 3.02. The van der Waals surface area contributed by atoms with Crippen LogP contribution in [0.4, 0.5) is 0 Å². The zero-order valence-corrected chi connectivity index (χ0v) is 14.1. The highest BCUT2D eigenvalue weighted by Crippen LogP contribution is 2.64. The molecule has 3 saturated carbocycles. The first-order valence-corrected chi connectivity index (χ1v) is 9.42. The zero-order valence-electron chi connectivity index (χ0n) is 13.2. The van der Waals surface area contributed by atoms with Crippen molar-refractivity contribution in [2.75, 3.05) is 0 Å². The van der Waals surface area contributed by atoms with Gasteiger partial charge in [-0.25, -0.2) is 0 Å². The molecular weight excluding hydrogens is 260 g/mol. The molecule has 0 aromatic carbocycles. The Hall–Kier alpha value is 0.0900. The van der Waals surface area contributed by atoms with Crippen molar-refractivity contribution < 1.29 is 0 Å². The van der Waals surface area contributed by atoms with Crippen molar-refractivity contribution in [1.82, 2.24) is 0 Å². The monoisotopic (exact) mass is 290 g/mol. The highest BCUT2D eigenvalue weighted by molar-refractivity contribution is 7.80. The van der Waals surface area contributed by atoms with E-state index in [-0.39, 0.29) is 0 Å². The lowest BCUT2D eigenvalue weighted by molar-refractivity contribution is -0.0244. The molecule has 0 heterocycles. The van der Waals surface area contributed by atoms with Crippen molar-refractivity contribution in [3.63, 3.8) is 0 Å². The van der Waals surface area contributed by atoms with Crippen LogP contribution in [0.2, 0.25) is 0 Å². The molecule has 4 aliphatic rings. The molecule has 0 bridgehead atoms.